The first-order chi connectivity index (χ1) is 8.11. The Kier molecular flexibility index (Phi) is 5.71. The molecule has 0 aromatic carbocycles. The molecule has 3 nitrogen and oxygen atoms in total. The maximum absolute atomic E-state index is 5.70. The van der Waals surface area contributed by atoms with Crippen molar-refractivity contribution in [2.75, 3.05) is 24.0 Å². The zero-order valence-electron chi connectivity index (χ0n) is 10.5. The van der Waals surface area contributed by atoms with Crippen LogP contribution in [0.3, 0.4) is 0 Å². The zero-order chi connectivity index (χ0) is 12.8. The lowest BCUT2D eigenvalue weighted by atomic mass is 10.2. The number of pyridine rings is 1. The van der Waals surface area contributed by atoms with Crippen molar-refractivity contribution in [3.05, 3.63) is 24.0 Å². The maximum atomic E-state index is 5.70. The summed E-state index contributed by atoms with van der Waals surface area (Å²) in [7, 11) is 2.07. The third kappa shape index (κ3) is 3.57. The van der Waals surface area contributed by atoms with Crippen molar-refractivity contribution in [1.82, 2.24) is 4.98 Å². The third-order valence-electron chi connectivity index (χ3n) is 2.78. The number of hydrogen-bond acceptors (Lipinski definition) is 4. The van der Waals surface area contributed by atoms with Crippen molar-refractivity contribution in [2.45, 2.75) is 19.4 Å². The second-order valence-corrected chi connectivity index (χ2v) is 5.21. The maximum Gasteiger partial charge on any atom is 0.124 e. The Morgan fingerprint density at radius 3 is 2.88 bits per heavy atom. The standard InChI is InChI=1S/C12H19N3S2/c1-4-9(8-17-3)15(2)10-6-5-7-14-11(10)12(13)16/h5-7,9H,4,8H2,1-3H3,(H2,13,16). The molecule has 0 amide bonds. The van der Waals surface area contributed by atoms with Crippen molar-refractivity contribution in [1.29, 1.82) is 0 Å². The van der Waals surface area contributed by atoms with Gasteiger partial charge in [0.25, 0.3) is 0 Å². The Morgan fingerprint density at radius 1 is 1.65 bits per heavy atom. The molecule has 1 aromatic rings. The average molecular weight is 269 g/mol. The Bertz CT molecular complexity index is 382. The molecule has 0 aliphatic heterocycles. The highest BCUT2D eigenvalue weighted by molar-refractivity contribution is 7.98. The van der Waals surface area contributed by atoms with Gasteiger partial charge in [-0.2, -0.15) is 11.8 Å². The molecule has 0 fully saturated rings. The quantitative estimate of drug-likeness (QED) is 0.803. The molecule has 0 bridgehead atoms. The van der Waals surface area contributed by atoms with E-state index < -0.39 is 0 Å². The molecule has 0 aliphatic carbocycles. The summed E-state index contributed by atoms with van der Waals surface area (Å²) in [6, 6.07) is 4.41. The number of anilines is 1. The smallest absolute Gasteiger partial charge is 0.124 e. The number of nitrogens with two attached hydrogens (primary N) is 1. The molecule has 0 spiro atoms. The fourth-order valence-electron chi connectivity index (χ4n) is 1.76. The van der Waals surface area contributed by atoms with Gasteiger partial charge in [-0.1, -0.05) is 19.1 Å². The van der Waals surface area contributed by atoms with E-state index in [1.54, 1.807) is 6.20 Å². The minimum absolute atomic E-state index is 0.353. The molecule has 2 N–H and O–H groups in total. The highest BCUT2D eigenvalue weighted by Gasteiger charge is 2.17. The van der Waals surface area contributed by atoms with Gasteiger partial charge in [0.05, 0.1) is 5.69 Å². The summed E-state index contributed by atoms with van der Waals surface area (Å²) in [5.41, 5.74) is 7.43. The van der Waals surface area contributed by atoms with E-state index in [1.165, 1.54) is 0 Å². The van der Waals surface area contributed by atoms with Crippen LogP contribution in [0.5, 0.6) is 0 Å². The monoisotopic (exact) mass is 269 g/mol. The summed E-state index contributed by atoms with van der Waals surface area (Å²) in [5, 5.41) is 0. The average Bonchev–Trinajstić information content (AvgIpc) is 2.35. The van der Waals surface area contributed by atoms with Crippen molar-refractivity contribution >= 4 is 34.7 Å². The summed E-state index contributed by atoms with van der Waals surface area (Å²) in [5.74, 6) is 1.08. The molecule has 0 saturated carbocycles. The van der Waals surface area contributed by atoms with Crippen LogP contribution >= 0.6 is 24.0 Å². The number of nitrogens with zero attached hydrogens (tertiary/aromatic N) is 2. The fourth-order valence-corrected chi connectivity index (χ4v) is 2.77. The molecule has 1 heterocycles. The third-order valence-corrected chi connectivity index (χ3v) is 3.69. The van der Waals surface area contributed by atoms with Crippen LogP contribution in [0.15, 0.2) is 18.3 Å². The van der Waals surface area contributed by atoms with E-state index in [0.717, 1.165) is 17.9 Å². The normalized spacial score (nSPS) is 12.2. The van der Waals surface area contributed by atoms with E-state index in [4.69, 9.17) is 18.0 Å². The van der Waals surface area contributed by atoms with Crippen molar-refractivity contribution in [2.24, 2.45) is 5.73 Å². The van der Waals surface area contributed by atoms with Crippen molar-refractivity contribution in [3.63, 3.8) is 0 Å². The molecule has 1 atom stereocenters. The highest BCUT2D eigenvalue weighted by Crippen LogP contribution is 2.21. The molecule has 5 heteroatoms. The summed E-state index contributed by atoms with van der Waals surface area (Å²) in [4.78, 5) is 6.83. The van der Waals surface area contributed by atoms with E-state index in [1.807, 2.05) is 23.9 Å². The largest absolute Gasteiger partial charge is 0.388 e. The predicted molar refractivity (Wildman–Crippen MR) is 81.0 cm³/mol. The molecule has 0 saturated heterocycles. The molecule has 1 unspecified atom stereocenters. The summed E-state index contributed by atoms with van der Waals surface area (Å²) in [6.07, 6.45) is 4.93. The second-order valence-electron chi connectivity index (χ2n) is 3.86. The van der Waals surface area contributed by atoms with Crippen LogP contribution in [0.1, 0.15) is 19.0 Å². The first kappa shape index (κ1) is 14.3. The van der Waals surface area contributed by atoms with Crippen LogP contribution in [0.4, 0.5) is 5.69 Å². The van der Waals surface area contributed by atoms with E-state index in [-0.39, 0.29) is 0 Å². The lowest BCUT2D eigenvalue weighted by molar-refractivity contribution is 0.672. The van der Waals surface area contributed by atoms with Gasteiger partial charge >= 0.3 is 0 Å². The van der Waals surface area contributed by atoms with Crippen LogP contribution in [0.25, 0.3) is 0 Å². The van der Waals surface area contributed by atoms with E-state index in [9.17, 15) is 0 Å². The van der Waals surface area contributed by atoms with Crippen molar-refractivity contribution < 1.29 is 0 Å². The van der Waals surface area contributed by atoms with Crippen LogP contribution in [-0.2, 0) is 0 Å². The number of hydrogen-bond donors (Lipinski definition) is 1. The van der Waals surface area contributed by atoms with E-state index in [2.05, 4.69) is 30.1 Å². The molecule has 17 heavy (non-hydrogen) atoms. The minimum Gasteiger partial charge on any atom is -0.388 e. The Hall–Kier alpha value is -0.810. The molecule has 0 radical (unpaired) electrons. The zero-order valence-corrected chi connectivity index (χ0v) is 12.1. The minimum atomic E-state index is 0.353. The van der Waals surface area contributed by atoms with Crippen LogP contribution in [0.2, 0.25) is 0 Å². The molecule has 1 rings (SSSR count). The number of rotatable bonds is 6. The van der Waals surface area contributed by atoms with Gasteiger partial charge in [-0.25, -0.2) is 0 Å². The SMILES string of the molecule is CCC(CSC)N(C)c1cccnc1C(N)=S. The lowest BCUT2D eigenvalue weighted by Crippen LogP contribution is -2.34. The highest BCUT2D eigenvalue weighted by atomic mass is 32.2. The number of thioether (sulfide) groups is 1. The molecular weight excluding hydrogens is 250 g/mol. The summed E-state index contributed by atoms with van der Waals surface area (Å²) < 4.78 is 0. The topological polar surface area (TPSA) is 42.2 Å². The van der Waals surface area contributed by atoms with Gasteiger partial charge in [-0.3, -0.25) is 4.98 Å². The van der Waals surface area contributed by atoms with Gasteiger partial charge in [0, 0.05) is 25.0 Å². The first-order valence-electron chi connectivity index (χ1n) is 5.58. The fraction of sp³-hybridized carbons (Fsp3) is 0.500. The van der Waals surface area contributed by atoms with E-state index in [0.29, 0.717) is 16.7 Å². The van der Waals surface area contributed by atoms with Gasteiger partial charge in [-0.15, -0.1) is 0 Å². The van der Waals surface area contributed by atoms with Gasteiger partial charge in [0.2, 0.25) is 0 Å². The van der Waals surface area contributed by atoms with Gasteiger partial charge < -0.3 is 10.6 Å². The van der Waals surface area contributed by atoms with Gasteiger partial charge in [0.1, 0.15) is 10.7 Å². The predicted octanol–water partition coefficient (Wildman–Crippen LogP) is 2.29. The van der Waals surface area contributed by atoms with E-state index >= 15 is 0 Å². The van der Waals surface area contributed by atoms with Crippen LogP contribution in [-0.4, -0.2) is 35.1 Å². The van der Waals surface area contributed by atoms with Crippen LogP contribution in [0, 0.1) is 0 Å². The van der Waals surface area contributed by atoms with Gasteiger partial charge in [-0.05, 0) is 24.8 Å². The molecule has 1 aromatic heterocycles. The first-order valence-corrected chi connectivity index (χ1v) is 7.38. The molecule has 94 valence electrons. The second kappa shape index (κ2) is 6.81. The Morgan fingerprint density at radius 2 is 2.35 bits per heavy atom. The summed E-state index contributed by atoms with van der Waals surface area (Å²) in [6.45, 7) is 2.19. The molecular formula is C12H19N3S2. The number of thiocarbonyl (C=S) groups is 1. The number of aromatic nitrogens is 1. The van der Waals surface area contributed by atoms with Gasteiger partial charge in [0.15, 0.2) is 0 Å². The Balaban J connectivity index is 3.01. The lowest BCUT2D eigenvalue weighted by Gasteiger charge is -2.29. The Labute approximate surface area is 113 Å². The van der Waals surface area contributed by atoms with Crippen LogP contribution < -0.4 is 10.6 Å². The molecule has 0 aliphatic rings. The summed E-state index contributed by atoms with van der Waals surface area (Å²) >= 11 is 6.89. The van der Waals surface area contributed by atoms with Crippen molar-refractivity contribution in [3.8, 4) is 0 Å².